The molecule has 6 nitrogen and oxygen atoms in total. The molecular formula is C24H26ClFN2O4. The summed E-state index contributed by atoms with van der Waals surface area (Å²) in [4.78, 5) is 24.6. The van der Waals surface area contributed by atoms with Crippen molar-refractivity contribution >= 4 is 28.4 Å². The van der Waals surface area contributed by atoms with Gasteiger partial charge in [-0.15, -0.1) is 11.6 Å². The number of fused-ring (bicyclic) bond motifs is 1. The van der Waals surface area contributed by atoms with Gasteiger partial charge < -0.3 is 19.8 Å². The molecule has 8 heteroatoms. The van der Waals surface area contributed by atoms with Crippen LogP contribution in [0.4, 0.5) is 4.39 Å². The number of nitrogens with two attached hydrogens (primary N) is 1. The number of primary amides is 1. The molecule has 0 saturated carbocycles. The number of hydrogen-bond donors (Lipinski definition) is 1. The lowest BCUT2D eigenvalue weighted by atomic mass is 10.0. The summed E-state index contributed by atoms with van der Waals surface area (Å²) in [7, 11) is 1.56. The van der Waals surface area contributed by atoms with Crippen LogP contribution in [0.5, 0.6) is 11.5 Å². The first-order valence-corrected chi connectivity index (χ1v) is 10.9. The molecule has 0 aliphatic rings. The normalized spacial score (nSPS) is 12.0. The van der Waals surface area contributed by atoms with Crippen molar-refractivity contribution in [3.63, 3.8) is 0 Å². The molecule has 0 aliphatic heterocycles. The quantitative estimate of drug-likeness (QED) is 0.452. The molecular weight excluding hydrogens is 435 g/mol. The van der Waals surface area contributed by atoms with Crippen molar-refractivity contribution in [1.29, 1.82) is 0 Å². The van der Waals surface area contributed by atoms with E-state index < -0.39 is 22.5 Å². The van der Waals surface area contributed by atoms with Crippen LogP contribution in [0.15, 0.2) is 47.4 Å². The number of carbonyl (C=O) groups excluding carboxylic acids is 1. The number of nitrogens with zero attached hydrogens (tertiary/aromatic N) is 1. The lowest BCUT2D eigenvalue weighted by Gasteiger charge is -2.18. The molecule has 0 radical (unpaired) electrons. The third-order valence-corrected chi connectivity index (χ3v) is 5.60. The number of pyridine rings is 1. The number of alkyl halides is 1. The van der Waals surface area contributed by atoms with Crippen LogP contribution in [0.1, 0.15) is 26.2 Å². The summed E-state index contributed by atoms with van der Waals surface area (Å²) in [5, 5.41) is -0.835. The molecule has 1 heterocycles. The van der Waals surface area contributed by atoms with Gasteiger partial charge in [-0.1, -0.05) is 19.1 Å². The molecule has 0 saturated heterocycles. The first-order chi connectivity index (χ1) is 15.4. The predicted octanol–water partition coefficient (Wildman–Crippen LogP) is 4.48. The minimum atomic E-state index is -0.797. The maximum atomic E-state index is 14.9. The van der Waals surface area contributed by atoms with Crippen LogP contribution in [-0.4, -0.2) is 29.6 Å². The molecule has 2 N–H and O–H groups in total. The van der Waals surface area contributed by atoms with Crippen LogP contribution in [-0.2, 0) is 11.3 Å². The van der Waals surface area contributed by atoms with E-state index in [4.69, 9.17) is 26.8 Å². The largest absolute Gasteiger partial charge is 0.497 e. The molecule has 0 bridgehead atoms. The zero-order valence-electron chi connectivity index (χ0n) is 18.1. The summed E-state index contributed by atoms with van der Waals surface area (Å²) in [5.41, 5.74) is 6.20. The molecule has 0 fully saturated rings. The second kappa shape index (κ2) is 10.5. The number of aryl methyl sites for hydroxylation is 1. The zero-order chi connectivity index (χ0) is 23.3. The lowest BCUT2D eigenvalue weighted by molar-refractivity contribution is -0.117. The molecule has 1 atom stereocenters. The van der Waals surface area contributed by atoms with Crippen molar-refractivity contribution in [1.82, 2.24) is 4.57 Å². The molecule has 1 unspecified atom stereocenters. The van der Waals surface area contributed by atoms with Crippen molar-refractivity contribution in [3.8, 4) is 22.6 Å². The lowest BCUT2D eigenvalue weighted by Crippen LogP contribution is -2.24. The van der Waals surface area contributed by atoms with E-state index in [0.717, 1.165) is 6.42 Å². The van der Waals surface area contributed by atoms with Gasteiger partial charge in [-0.3, -0.25) is 9.59 Å². The smallest absolute Gasteiger partial charge is 0.235 e. The van der Waals surface area contributed by atoms with Crippen molar-refractivity contribution < 1.29 is 18.7 Å². The fraction of sp³-hybridized carbons (Fsp3) is 0.333. The van der Waals surface area contributed by atoms with E-state index in [0.29, 0.717) is 54.1 Å². The van der Waals surface area contributed by atoms with E-state index in [2.05, 4.69) is 0 Å². The third kappa shape index (κ3) is 5.05. The van der Waals surface area contributed by atoms with Crippen LogP contribution in [0.25, 0.3) is 22.0 Å². The van der Waals surface area contributed by atoms with Gasteiger partial charge in [-0.05, 0) is 49.1 Å². The number of amides is 1. The van der Waals surface area contributed by atoms with Crippen LogP contribution in [0.2, 0.25) is 0 Å². The summed E-state index contributed by atoms with van der Waals surface area (Å²) < 4.78 is 27.7. The third-order valence-electron chi connectivity index (χ3n) is 5.16. The number of benzene rings is 2. The number of methoxy groups -OCH3 is 1. The van der Waals surface area contributed by atoms with E-state index in [1.807, 2.05) is 6.92 Å². The Labute approximate surface area is 190 Å². The SMILES string of the molecule is CCCOc1ccc(F)c2c(=O)c(-c3ccc(OC)cc3)cn(CCCC(Cl)C(N)=O)c12. The van der Waals surface area contributed by atoms with Crippen LogP contribution in [0, 0.1) is 5.82 Å². The zero-order valence-corrected chi connectivity index (χ0v) is 18.8. The molecule has 1 aromatic heterocycles. The molecule has 32 heavy (non-hydrogen) atoms. The fourth-order valence-corrected chi connectivity index (χ4v) is 3.68. The van der Waals surface area contributed by atoms with Crippen LogP contribution < -0.4 is 20.6 Å². The van der Waals surface area contributed by atoms with Crippen molar-refractivity contribution in [2.24, 2.45) is 5.73 Å². The molecule has 170 valence electrons. The molecule has 3 rings (SSSR count). The number of halogens is 2. The van der Waals surface area contributed by atoms with Gasteiger partial charge in [-0.25, -0.2) is 4.39 Å². The van der Waals surface area contributed by atoms with Gasteiger partial charge >= 0.3 is 0 Å². The van der Waals surface area contributed by atoms with E-state index >= 15 is 0 Å². The Kier molecular flexibility index (Phi) is 7.75. The topological polar surface area (TPSA) is 83.6 Å². The first kappa shape index (κ1) is 23.6. The maximum absolute atomic E-state index is 14.9. The standard InChI is InChI=1S/C24H26ClFN2O4/c1-3-13-32-20-11-10-19(26)21-22(20)28(12-4-5-18(25)24(27)30)14-17(23(21)29)15-6-8-16(31-2)9-7-15/h6-11,14,18H,3-5,12-13H2,1-2H3,(H2,27,30). The summed E-state index contributed by atoms with van der Waals surface area (Å²) >= 11 is 5.98. The van der Waals surface area contributed by atoms with Crippen LogP contribution >= 0.6 is 11.6 Å². The Hall–Kier alpha value is -3.06. The minimum Gasteiger partial charge on any atom is -0.497 e. The Balaban J connectivity index is 2.16. The maximum Gasteiger partial charge on any atom is 0.235 e. The Morgan fingerprint density at radius 3 is 2.56 bits per heavy atom. The molecule has 0 aliphatic carbocycles. The number of carbonyl (C=O) groups is 1. The van der Waals surface area contributed by atoms with Gasteiger partial charge in [0.15, 0.2) is 5.43 Å². The van der Waals surface area contributed by atoms with Crippen molar-refractivity contribution in [2.45, 2.75) is 38.1 Å². The van der Waals surface area contributed by atoms with E-state index in [1.54, 1.807) is 42.1 Å². The van der Waals surface area contributed by atoms with Gasteiger partial charge in [0.05, 0.1) is 24.6 Å². The minimum absolute atomic E-state index is 0.0377. The Morgan fingerprint density at radius 2 is 1.94 bits per heavy atom. The van der Waals surface area contributed by atoms with Crippen LogP contribution in [0.3, 0.4) is 0 Å². The number of ether oxygens (including phenoxy) is 2. The molecule has 1 amide bonds. The highest BCUT2D eigenvalue weighted by molar-refractivity contribution is 6.30. The highest BCUT2D eigenvalue weighted by Crippen LogP contribution is 2.30. The molecule has 2 aromatic carbocycles. The molecule has 3 aromatic rings. The van der Waals surface area contributed by atoms with E-state index in [1.165, 1.54) is 12.1 Å². The molecule has 0 spiro atoms. The van der Waals surface area contributed by atoms with Gasteiger partial charge in [0.25, 0.3) is 0 Å². The highest BCUT2D eigenvalue weighted by atomic mass is 35.5. The van der Waals surface area contributed by atoms with Gasteiger partial charge in [0.1, 0.15) is 22.7 Å². The van der Waals surface area contributed by atoms with Crippen molar-refractivity contribution in [3.05, 3.63) is 58.6 Å². The monoisotopic (exact) mass is 460 g/mol. The fourth-order valence-electron chi connectivity index (χ4n) is 3.53. The highest BCUT2D eigenvalue weighted by Gasteiger charge is 2.19. The van der Waals surface area contributed by atoms with Gasteiger partial charge in [0, 0.05) is 18.3 Å². The van der Waals surface area contributed by atoms with Gasteiger partial charge in [0.2, 0.25) is 5.91 Å². The average Bonchev–Trinajstić information content (AvgIpc) is 2.79. The van der Waals surface area contributed by atoms with E-state index in [-0.39, 0.29) is 5.39 Å². The predicted molar refractivity (Wildman–Crippen MR) is 124 cm³/mol. The van der Waals surface area contributed by atoms with Gasteiger partial charge in [-0.2, -0.15) is 0 Å². The van der Waals surface area contributed by atoms with E-state index in [9.17, 15) is 14.0 Å². The average molecular weight is 461 g/mol. The summed E-state index contributed by atoms with van der Waals surface area (Å²) in [6, 6.07) is 9.77. The second-order valence-corrected chi connectivity index (χ2v) is 7.95. The first-order valence-electron chi connectivity index (χ1n) is 10.4. The Bertz CT molecular complexity index is 1160. The number of rotatable bonds is 10. The Morgan fingerprint density at radius 1 is 1.22 bits per heavy atom. The summed E-state index contributed by atoms with van der Waals surface area (Å²) in [5.74, 6) is -0.131. The van der Waals surface area contributed by atoms with Crippen molar-refractivity contribution in [2.75, 3.05) is 13.7 Å². The number of hydrogen-bond acceptors (Lipinski definition) is 4. The second-order valence-electron chi connectivity index (χ2n) is 7.42. The number of aromatic nitrogens is 1. The summed E-state index contributed by atoms with van der Waals surface area (Å²) in [6.07, 6.45) is 3.31. The summed E-state index contributed by atoms with van der Waals surface area (Å²) in [6.45, 7) is 2.79.